The fourth-order valence-electron chi connectivity index (χ4n) is 3.75. The van der Waals surface area contributed by atoms with Gasteiger partial charge in [0.1, 0.15) is 11.6 Å². The number of nitrogens with zero attached hydrogens (tertiary/aromatic N) is 4. The number of fused-ring (bicyclic) bond motifs is 1. The molecule has 0 radical (unpaired) electrons. The molecule has 0 saturated carbocycles. The Morgan fingerprint density at radius 3 is 2.86 bits per heavy atom. The van der Waals surface area contributed by atoms with E-state index in [0.29, 0.717) is 36.6 Å². The highest BCUT2D eigenvalue weighted by Gasteiger charge is 2.28. The molecule has 0 aliphatic carbocycles. The topological polar surface area (TPSA) is 114 Å². The molecule has 154 valence electrons. The van der Waals surface area contributed by atoms with Gasteiger partial charge in [-0.25, -0.2) is 4.98 Å². The van der Waals surface area contributed by atoms with Crippen molar-refractivity contribution in [1.82, 2.24) is 20.2 Å². The Labute approximate surface area is 169 Å². The number of H-pyrrole nitrogens is 1. The van der Waals surface area contributed by atoms with Gasteiger partial charge >= 0.3 is 0 Å². The second kappa shape index (κ2) is 7.75. The summed E-state index contributed by atoms with van der Waals surface area (Å²) in [5.41, 5.74) is 8.47. The summed E-state index contributed by atoms with van der Waals surface area (Å²) in [5, 5.41) is 10.9. The molecule has 3 aromatic rings. The minimum Gasteiger partial charge on any atom is -0.496 e. The first kappa shape index (κ1) is 19.3. The van der Waals surface area contributed by atoms with Gasteiger partial charge in [0.2, 0.25) is 5.95 Å². The highest BCUT2D eigenvalue weighted by Crippen LogP contribution is 2.35. The number of hydrogen-bond donors (Lipinski definition) is 3. The van der Waals surface area contributed by atoms with Crippen molar-refractivity contribution in [3.05, 3.63) is 18.2 Å². The standard InChI is InChI=1S/C20H27N7O2/c1-11(2)15-10-29-6-5-27(15)17-9-13(23-20(22-3)24-17)12-7-14-18(16(8-12)28-4)19(21)26-25-14/h7-9,11,15H,5-6,10H2,1-4H3,(H3,21,25,26)(H,22,23,24)/t15-/m0/s1. The Bertz CT molecular complexity index is 1020. The number of ether oxygens (including phenoxy) is 2. The molecule has 0 spiro atoms. The van der Waals surface area contributed by atoms with Crippen LogP contribution in [0.4, 0.5) is 17.6 Å². The number of nitrogens with one attached hydrogen (secondary N) is 2. The van der Waals surface area contributed by atoms with Crippen molar-refractivity contribution in [2.45, 2.75) is 19.9 Å². The summed E-state index contributed by atoms with van der Waals surface area (Å²) in [4.78, 5) is 11.7. The van der Waals surface area contributed by atoms with E-state index in [9.17, 15) is 0 Å². The number of anilines is 3. The molecular formula is C20H27N7O2. The van der Waals surface area contributed by atoms with Crippen LogP contribution in [0.25, 0.3) is 22.2 Å². The van der Waals surface area contributed by atoms with Crippen LogP contribution >= 0.6 is 0 Å². The van der Waals surface area contributed by atoms with Crippen LogP contribution in [0.5, 0.6) is 5.75 Å². The highest BCUT2D eigenvalue weighted by atomic mass is 16.5. The molecule has 1 aromatic carbocycles. The maximum Gasteiger partial charge on any atom is 0.224 e. The molecule has 3 heterocycles. The van der Waals surface area contributed by atoms with Gasteiger partial charge in [-0.15, -0.1) is 0 Å². The minimum absolute atomic E-state index is 0.264. The average molecular weight is 397 g/mol. The average Bonchev–Trinajstić information content (AvgIpc) is 3.13. The summed E-state index contributed by atoms with van der Waals surface area (Å²) in [7, 11) is 3.44. The van der Waals surface area contributed by atoms with Crippen LogP contribution in [0.1, 0.15) is 13.8 Å². The number of aromatic amines is 1. The molecule has 29 heavy (non-hydrogen) atoms. The van der Waals surface area contributed by atoms with Gasteiger partial charge in [-0.3, -0.25) is 5.10 Å². The summed E-state index contributed by atoms with van der Waals surface area (Å²) < 4.78 is 11.3. The van der Waals surface area contributed by atoms with Crippen LogP contribution in [0.3, 0.4) is 0 Å². The zero-order valence-corrected chi connectivity index (χ0v) is 17.2. The van der Waals surface area contributed by atoms with Crippen LogP contribution in [-0.2, 0) is 4.74 Å². The number of nitrogens with two attached hydrogens (primary N) is 1. The molecule has 1 fully saturated rings. The summed E-state index contributed by atoms with van der Waals surface area (Å²) >= 11 is 0. The third kappa shape index (κ3) is 3.53. The lowest BCUT2D eigenvalue weighted by molar-refractivity contribution is 0.0802. The Hall–Kier alpha value is -3.07. The maximum atomic E-state index is 5.98. The van der Waals surface area contributed by atoms with E-state index in [0.717, 1.165) is 34.5 Å². The lowest BCUT2D eigenvalue weighted by Gasteiger charge is -2.39. The normalized spacial score (nSPS) is 17.1. The minimum atomic E-state index is 0.264. The number of hydrogen-bond acceptors (Lipinski definition) is 8. The van der Waals surface area contributed by atoms with Gasteiger partial charge in [0.25, 0.3) is 0 Å². The van der Waals surface area contributed by atoms with E-state index in [1.165, 1.54) is 0 Å². The zero-order chi connectivity index (χ0) is 20.5. The van der Waals surface area contributed by atoms with Crippen LogP contribution in [-0.4, -0.2) is 60.1 Å². The van der Waals surface area contributed by atoms with E-state index in [-0.39, 0.29) is 6.04 Å². The predicted molar refractivity (Wildman–Crippen MR) is 114 cm³/mol. The monoisotopic (exact) mass is 397 g/mol. The van der Waals surface area contributed by atoms with Gasteiger partial charge in [-0.2, -0.15) is 10.1 Å². The molecule has 0 unspecified atom stereocenters. The molecule has 9 nitrogen and oxygen atoms in total. The first-order valence-corrected chi connectivity index (χ1v) is 9.75. The number of methoxy groups -OCH3 is 1. The summed E-state index contributed by atoms with van der Waals surface area (Å²) in [6.07, 6.45) is 0. The van der Waals surface area contributed by atoms with Gasteiger partial charge in [-0.05, 0) is 18.1 Å². The summed E-state index contributed by atoms with van der Waals surface area (Å²) in [6.45, 7) is 6.58. The van der Waals surface area contributed by atoms with Crippen molar-refractivity contribution in [2.24, 2.45) is 5.92 Å². The van der Waals surface area contributed by atoms with Crippen LogP contribution in [0.15, 0.2) is 18.2 Å². The molecule has 4 N–H and O–H groups in total. The fourth-order valence-corrected chi connectivity index (χ4v) is 3.75. The lowest BCUT2D eigenvalue weighted by Crippen LogP contribution is -2.48. The summed E-state index contributed by atoms with van der Waals surface area (Å²) in [6, 6.07) is 6.19. The maximum absolute atomic E-state index is 5.98. The second-order valence-electron chi connectivity index (χ2n) is 7.47. The Morgan fingerprint density at radius 2 is 2.14 bits per heavy atom. The molecule has 1 aliphatic rings. The molecule has 1 saturated heterocycles. The largest absolute Gasteiger partial charge is 0.496 e. The van der Waals surface area contributed by atoms with Gasteiger partial charge < -0.3 is 25.4 Å². The molecule has 4 rings (SSSR count). The molecular weight excluding hydrogens is 370 g/mol. The van der Waals surface area contributed by atoms with Gasteiger partial charge in [-0.1, -0.05) is 13.8 Å². The van der Waals surface area contributed by atoms with Crippen LogP contribution in [0.2, 0.25) is 0 Å². The van der Waals surface area contributed by atoms with Crippen molar-refractivity contribution in [2.75, 3.05) is 49.9 Å². The Balaban J connectivity index is 1.82. The van der Waals surface area contributed by atoms with Crippen molar-refractivity contribution < 1.29 is 9.47 Å². The SMILES string of the molecule is CNc1nc(-c2cc(OC)c3c(N)n[nH]c3c2)cc(N2CCOC[C@H]2C(C)C)n1. The van der Waals surface area contributed by atoms with E-state index >= 15 is 0 Å². The van der Waals surface area contributed by atoms with E-state index in [1.54, 1.807) is 7.11 Å². The van der Waals surface area contributed by atoms with Crippen molar-refractivity contribution in [3.63, 3.8) is 0 Å². The highest BCUT2D eigenvalue weighted by molar-refractivity contribution is 5.97. The zero-order valence-electron chi connectivity index (χ0n) is 17.2. The van der Waals surface area contributed by atoms with Crippen molar-refractivity contribution >= 4 is 28.5 Å². The quantitative estimate of drug-likeness (QED) is 0.602. The number of aromatic nitrogens is 4. The van der Waals surface area contributed by atoms with Crippen molar-refractivity contribution in [3.8, 4) is 17.0 Å². The van der Waals surface area contributed by atoms with Crippen molar-refractivity contribution in [1.29, 1.82) is 0 Å². The Morgan fingerprint density at radius 1 is 1.31 bits per heavy atom. The lowest BCUT2D eigenvalue weighted by atomic mass is 10.0. The molecule has 0 bridgehead atoms. The third-order valence-electron chi connectivity index (χ3n) is 5.34. The molecule has 1 atom stereocenters. The van der Waals surface area contributed by atoms with Gasteiger partial charge in [0.15, 0.2) is 5.82 Å². The van der Waals surface area contributed by atoms with E-state index < -0.39 is 0 Å². The van der Waals surface area contributed by atoms with Crippen LogP contribution in [0, 0.1) is 5.92 Å². The molecule has 0 amide bonds. The van der Waals surface area contributed by atoms with E-state index in [4.69, 9.17) is 20.2 Å². The smallest absolute Gasteiger partial charge is 0.224 e. The van der Waals surface area contributed by atoms with E-state index in [1.807, 2.05) is 25.2 Å². The molecule has 9 heteroatoms. The number of benzene rings is 1. The number of nitrogen functional groups attached to an aromatic ring is 1. The second-order valence-corrected chi connectivity index (χ2v) is 7.47. The molecule has 1 aliphatic heterocycles. The third-order valence-corrected chi connectivity index (χ3v) is 5.34. The summed E-state index contributed by atoms with van der Waals surface area (Å²) in [5.74, 6) is 2.95. The van der Waals surface area contributed by atoms with Crippen LogP contribution < -0.4 is 20.7 Å². The first-order chi connectivity index (χ1) is 14.0. The Kier molecular flexibility index (Phi) is 5.14. The number of morpholine rings is 1. The first-order valence-electron chi connectivity index (χ1n) is 9.75. The number of rotatable bonds is 5. The van der Waals surface area contributed by atoms with Gasteiger partial charge in [0.05, 0.1) is 43.0 Å². The van der Waals surface area contributed by atoms with E-state index in [2.05, 4.69) is 39.2 Å². The molecule has 2 aromatic heterocycles. The van der Waals surface area contributed by atoms with Gasteiger partial charge in [0, 0.05) is 25.2 Å². The fraction of sp³-hybridized carbons (Fsp3) is 0.450. The predicted octanol–water partition coefficient (Wildman–Crippen LogP) is 2.51.